The predicted octanol–water partition coefficient (Wildman–Crippen LogP) is 3.05. The number of rotatable bonds is 10. The Balaban J connectivity index is 2.22. The first-order valence-corrected chi connectivity index (χ1v) is 9.31. The maximum absolute atomic E-state index is 5.98. The summed E-state index contributed by atoms with van der Waals surface area (Å²) in [5, 5.41) is 6.70. The van der Waals surface area contributed by atoms with Crippen molar-refractivity contribution in [3.8, 4) is 5.75 Å². The largest absolute Gasteiger partial charge is 0.489 e. The van der Waals surface area contributed by atoms with Gasteiger partial charge < -0.3 is 20.3 Å². The summed E-state index contributed by atoms with van der Waals surface area (Å²) in [6.07, 6.45) is 2.39. The number of aliphatic imine (C=N–C) groups is 1. The molecule has 0 aliphatic carbocycles. The monoisotopic (exact) mass is 348 g/mol. The molecule has 0 aromatic heterocycles. The zero-order valence-electron chi connectivity index (χ0n) is 16.8. The van der Waals surface area contributed by atoms with E-state index in [1.165, 1.54) is 6.42 Å². The molecule has 5 heteroatoms. The second-order valence-electron chi connectivity index (χ2n) is 6.86. The van der Waals surface area contributed by atoms with Crippen molar-refractivity contribution in [3.63, 3.8) is 0 Å². The van der Waals surface area contributed by atoms with Crippen LogP contribution in [0.3, 0.4) is 0 Å². The Morgan fingerprint density at radius 2 is 1.88 bits per heavy atom. The first-order chi connectivity index (χ1) is 11.9. The molecule has 1 aromatic carbocycles. The molecule has 0 amide bonds. The summed E-state index contributed by atoms with van der Waals surface area (Å²) in [7, 11) is 3.98. The average Bonchev–Trinajstić information content (AvgIpc) is 2.59. The van der Waals surface area contributed by atoms with Crippen LogP contribution in [0.5, 0.6) is 5.75 Å². The van der Waals surface area contributed by atoms with Gasteiger partial charge in [0.15, 0.2) is 5.96 Å². The van der Waals surface area contributed by atoms with Crippen LogP contribution < -0.4 is 15.4 Å². The van der Waals surface area contributed by atoms with E-state index in [4.69, 9.17) is 4.74 Å². The van der Waals surface area contributed by atoms with Gasteiger partial charge in [0.25, 0.3) is 0 Å². The van der Waals surface area contributed by atoms with E-state index in [9.17, 15) is 0 Å². The minimum absolute atomic E-state index is 0.0688. The van der Waals surface area contributed by atoms with Crippen molar-refractivity contribution in [1.82, 2.24) is 15.5 Å². The van der Waals surface area contributed by atoms with Crippen LogP contribution in [-0.4, -0.2) is 56.7 Å². The lowest BCUT2D eigenvalue weighted by Crippen LogP contribution is -2.42. The summed E-state index contributed by atoms with van der Waals surface area (Å²) in [6, 6.07) is 8.70. The zero-order valence-corrected chi connectivity index (χ0v) is 16.8. The molecule has 1 unspecified atom stereocenters. The fourth-order valence-corrected chi connectivity index (χ4v) is 2.36. The molecule has 0 saturated heterocycles. The number of ether oxygens (including phenoxy) is 1. The Labute approximate surface area is 153 Å². The van der Waals surface area contributed by atoms with Gasteiger partial charge in [-0.15, -0.1) is 0 Å². The maximum Gasteiger partial charge on any atom is 0.191 e. The number of nitrogens with zero attached hydrogens (tertiary/aromatic N) is 2. The molecule has 142 valence electrons. The zero-order chi connectivity index (χ0) is 18.7. The van der Waals surface area contributed by atoms with Crippen molar-refractivity contribution in [1.29, 1.82) is 0 Å². The average molecular weight is 349 g/mol. The molecule has 1 rings (SSSR count). The van der Waals surface area contributed by atoms with E-state index in [1.807, 2.05) is 18.2 Å². The molecule has 2 N–H and O–H groups in total. The molecule has 0 saturated carbocycles. The number of benzene rings is 1. The highest BCUT2D eigenvalue weighted by Crippen LogP contribution is 2.17. The number of unbranched alkanes of at least 4 members (excludes halogenated alkanes) is 1. The van der Waals surface area contributed by atoms with E-state index < -0.39 is 0 Å². The van der Waals surface area contributed by atoms with E-state index in [0.717, 1.165) is 36.8 Å². The van der Waals surface area contributed by atoms with Crippen LogP contribution in [0.4, 0.5) is 0 Å². The van der Waals surface area contributed by atoms with Gasteiger partial charge >= 0.3 is 0 Å². The molecule has 0 fully saturated rings. The lowest BCUT2D eigenvalue weighted by atomic mass is 10.2. The van der Waals surface area contributed by atoms with Gasteiger partial charge in [-0.05, 0) is 65.8 Å². The van der Waals surface area contributed by atoms with E-state index in [1.54, 1.807) is 7.05 Å². The number of aryl methyl sites for hydroxylation is 1. The van der Waals surface area contributed by atoms with E-state index in [2.05, 4.69) is 61.3 Å². The third kappa shape index (κ3) is 8.77. The third-order valence-electron chi connectivity index (χ3n) is 4.31. The summed E-state index contributed by atoms with van der Waals surface area (Å²) in [5.41, 5.74) is 1.16. The second-order valence-corrected chi connectivity index (χ2v) is 6.86. The standard InChI is InChI=1S/C20H36N4O/c1-16(2)24(6)14-10-9-13-22-20(21-5)23-15-18(4)25-19-12-8-7-11-17(19)3/h7-8,11-12,16,18H,9-10,13-15H2,1-6H3,(H2,21,22,23). The molecule has 5 nitrogen and oxygen atoms in total. The van der Waals surface area contributed by atoms with Crippen molar-refractivity contribution < 1.29 is 4.74 Å². The Hall–Kier alpha value is -1.75. The fraction of sp³-hybridized carbons (Fsp3) is 0.650. The Morgan fingerprint density at radius 1 is 1.16 bits per heavy atom. The second kappa shape index (κ2) is 11.7. The summed E-state index contributed by atoms with van der Waals surface area (Å²) < 4.78 is 5.98. The Morgan fingerprint density at radius 3 is 2.52 bits per heavy atom. The van der Waals surface area contributed by atoms with Gasteiger partial charge in [0.05, 0.1) is 6.54 Å². The van der Waals surface area contributed by atoms with Crippen LogP contribution in [0, 0.1) is 6.92 Å². The van der Waals surface area contributed by atoms with E-state index >= 15 is 0 Å². The van der Waals surface area contributed by atoms with Crippen molar-refractivity contribution >= 4 is 5.96 Å². The van der Waals surface area contributed by atoms with E-state index in [-0.39, 0.29) is 6.10 Å². The van der Waals surface area contributed by atoms with Crippen molar-refractivity contribution in [2.75, 3.05) is 33.7 Å². The van der Waals surface area contributed by atoms with Gasteiger partial charge in [0.1, 0.15) is 11.9 Å². The summed E-state index contributed by atoms with van der Waals surface area (Å²) in [5.74, 6) is 1.77. The SMILES string of the molecule is CN=C(NCCCCN(C)C(C)C)NCC(C)Oc1ccccc1C. The molecule has 0 heterocycles. The lowest BCUT2D eigenvalue weighted by Gasteiger charge is -2.21. The van der Waals surface area contributed by atoms with Crippen LogP contribution in [0.25, 0.3) is 0 Å². The molecule has 0 aliphatic rings. The van der Waals surface area contributed by atoms with E-state index in [0.29, 0.717) is 12.6 Å². The molecule has 1 aromatic rings. The minimum atomic E-state index is 0.0688. The number of guanidine groups is 1. The van der Waals surface area contributed by atoms with Crippen LogP contribution in [0.15, 0.2) is 29.3 Å². The van der Waals surface area contributed by atoms with Gasteiger partial charge in [0, 0.05) is 19.6 Å². The smallest absolute Gasteiger partial charge is 0.191 e. The highest BCUT2D eigenvalue weighted by atomic mass is 16.5. The summed E-state index contributed by atoms with van der Waals surface area (Å²) in [6.45, 7) is 11.4. The van der Waals surface area contributed by atoms with Crippen molar-refractivity contribution in [3.05, 3.63) is 29.8 Å². The van der Waals surface area contributed by atoms with Crippen molar-refractivity contribution in [2.45, 2.75) is 52.7 Å². The highest BCUT2D eigenvalue weighted by molar-refractivity contribution is 5.79. The van der Waals surface area contributed by atoms with Crippen LogP contribution >= 0.6 is 0 Å². The topological polar surface area (TPSA) is 48.9 Å². The summed E-state index contributed by atoms with van der Waals surface area (Å²) in [4.78, 5) is 6.65. The molecule has 0 radical (unpaired) electrons. The van der Waals surface area contributed by atoms with Gasteiger partial charge in [-0.2, -0.15) is 0 Å². The normalized spacial score (nSPS) is 13.2. The van der Waals surface area contributed by atoms with Gasteiger partial charge in [-0.25, -0.2) is 0 Å². The van der Waals surface area contributed by atoms with Gasteiger partial charge in [-0.3, -0.25) is 4.99 Å². The first-order valence-electron chi connectivity index (χ1n) is 9.31. The molecule has 0 aliphatic heterocycles. The number of para-hydroxylation sites is 1. The Bertz CT molecular complexity index is 516. The first kappa shape index (κ1) is 21.3. The third-order valence-corrected chi connectivity index (χ3v) is 4.31. The Kier molecular flexibility index (Phi) is 10.0. The molecule has 0 bridgehead atoms. The summed E-state index contributed by atoms with van der Waals surface area (Å²) >= 11 is 0. The minimum Gasteiger partial charge on any atom is -0.489 e. The van der Waals surface area contributed by atoms with Gasteiger partial charge in [-0.1, -0.05) is 18.2 Å². The number of hydrogen-bond donors (Lipinski definition) is 2. The quantitative estimate of drug-likeness (QED) is 0.388. The van der Waals surface area contributed by atoms with Gasteiger partial charge in [0.2, 0.25) is 0 Å². The number of hydrogen-bond acceptors (Lipinski definition) is 3. The predicted molar refractivity (Wildman–Crippen MR) is 108 cm³/mol. The van der Waals surface area contributed by atoms with Crippen LogP contribution in [0.2, 0.25) is 0 Å². The maximum atomic E-state index is 5.98. The molecule has 1 atom stereocenters. The highest BCUT2D eigenvalue weighted by Gasteiger charge is 2.07. The molecular weight excluding hydrogens is 312 g/mol. The number of nitrogens with one attached hydrogen (secondary N) is 2. The van der Waals surface area contributed by atoms with Crippen molar-refractivity contribution in [2.24, 2.45) is 4.99 Å². The lowest BCUT2D eigenvalue weighted by molar-refractivity contribution is 0.222. The molecule has 0 spiro atoms. The molecule has 25 heavy (non-hydrogen) atoms. The van der Waals surface area contributed by atoms with Crippen LogP contribution in [-0.2, 0) is 0 Å². The fourth-order valence-electron chi connectivity index (χ4n) is 2.36. The molecular formula is C20H36N4O. The van der Waals surface area contributed by atoms with Crippen LogP contribution in [0.1, 0.15) is 39.2 Å².